The van der Waals surface area contributed by atoms with Gasteiger partial charge in [-0.25, -0.2) is 4.73 Å². The summed E-state index contributed by atoms with van der Waals surface area (Å²) >= 11 is 0. The normalized spacial score (nSPS) is 9.85. The van der Waals surface area contributed by atoms with Gasteiger partial charge in [0.1, 0.15) is 6.20 Å². The second-order valence-electron chi connectivity index (χ2n) is 2.50. The van der Waals surface area contributed by atoms with Gasteiger partial charge in [-0.1, -0.05) is 0 Å². The van der Waals surface area contributed by atoms with Gasteiger partial charge in [-0.2, -0.15) is 0 Å². The monoisotopic (exact) mass is 173 g/mol. The molecule has 0 aliphatic carbocycles. The number of rotatable bonds is 1. The molecule has 2 aromatic heterocycles. The molecule has 4 heteroatoms. The van der Waals surface area contributed by atoms with Crippen LogP contribution in [0, 0.1) is 5.21 Å². The van der Waals surface area contributed by atoms with Crippen molar-refractivity contribution < 1.29 is 4.73 Å². The van der Waals surface area contributed by atoms with E-state index in [1.54, 1.807) is 36.8 Å². The van der Waals surface area contributed by atoms with Crippen molar-refractivity contribution in [1.29, 1.82) is 0 Å². The van der Waals surface area contributed by atoms with Crippen molar-refractivity contribution in [2.75, 3.05) is 0 Å². The Bertz CT molecular complexity index is 403. The van der Waals surface area contributed by atoms with Crippen LogP contribution in [0.15, 0.2) is 43.0 Å². The zero-order valence-corrected chi connectivity index (χ0v) is 6.79. The molecule has 0 saturated heterocycles. The molecule has 0 saturated carbocycles. The minimum absolute atomic E-state index is 0.393. The van der Waals surface area contributed by atoms with Gasteiger partial charge in [-0.3, -0.25) is 4.98 Å². The highest BCUT2D eigenvalue weighted by Gasteiger charge is 2.07. The molecule has 4 nitrogen and oxygen atoms in total. The molecule has 0 spiro atoms. The van der Waals surface area contributed by atoms with Crippen molar-refractivity contribution in [3.05, 3.63) is 48.2 Å². The Labute approximate surface area is 75.1 Å². The summed E-state index contributed by atoms with van der Waals surface area (Å²) in [5.74, 6) is 0.393. The Kier molecular flexibility index (Phi) is 1.88. The molecular weight excluding hydrogens is 166 g/mol. The van der Waals surface area contributed by atoms with Crippen LogP contribution in [0.5, 0.6) is 0 Å². The number of aromatic nitrogens is 3. The van der Waals surface area contributed by atoms with E-state index in [0.29, 0.717) is 5.82 Å². The van der Waals surface area contributed by atoms with E-state index >= 15 is 0 Å². The van der Waals surface area contributed by atoms with Gasteiger partial charge in [0.2, 0.25) is 0 Å². The highest BCUT2D eigenvalue weighted by molar-refractivity contribution is 5.49. The lowest BCUT2D eigenvalue weighted by Crippen LogP contribution is -2.29. The quantitative estimate of drug-likeness (QED) is 0.473. The summed E-state index contributed by atoms with van der Waals surface area (Å²) in [6.07, 6.45) is 6.26. The molecule has 64 valence electrons. The van der Waals surface area contributed by atoms with Crippen LogP contribution < -0.4 is 4.73 Å². The summed E-state index contributed by atoms with van der Waals surface area (Å²) in [4.78, 5) is 7.83. The Balaban J connectivity index is 2.54. The second kappa shape index (κ2) is 3.18. The fourth-order valence-electron chi connectivity index (χ4n) is 1.06. The summed E-state index contributed by atoms with van der Waals surface area (Å²) in [5.41, 5.74) is 0.769. The zero-order chi connectivity index (χ0) is 9.10. The highest BCUT2D eigenvalue weighted by atomic mass is 16.5. The summed E-state index contributed by atoms with van der Waals surface area (Å²) in [6, 6.07) is 5.09. The maximum atomic E-state index is 11.3. The minimum atomic E-state index is 0.393. The molecule has 2 rings (SSSR count). The topological polar surface area (TPSA) is 52.7 Å². The van der Waals surface area contributed by atoms with Gasteiger partial charge in [-0.05, 0) is 17.1 Å². The van der Waals surface area contributed by atoms with Crippen molar-refractivity contribution in [3.8, 4) is 11.4 Å². The molecule has 0 radical (unpaired) electrons. The molecule has 0 unspecified atom stereocenters. The molecule has 0 aliphatic rings. The average molecular weight is 173 g/mol. The third-order valence-electron chi connectivity index (χ3n) is 1.65. The smallest absolute Gasteiger partial charge is 0.333 e. The first-order valence-corrected chi connectivity index (χ1v) is 3.82. The van der Waals surface area contributed by atoms with E-state index in [0.717, 1.165) is 10.3 Å². The van der Waals surface area contributed by atoms with Crippen LogP contribution in [0.3, 0.4) is 0 Å². The Morgan fingerprint density at radius 1 is 1.15 bits per heavy atom. The van der Waals surface area contributed by atoms with Crippen LogP contribution in [0.2, 0.25) is 0 Å². The minimum Gasteiger partial charge on any atom is -0.710 e. The first kappa shape index (κ1) is 7.67. The largest absolute Gasteiger partial charge is 0.710 e. The summed E-state index contributed by atoms with van der Waals surface area (Å²) in [5, 5.41) is 11.3. The summed E-state index contributed by atoms with van der Waals surface area (Å²) in [7, 11) is 0. The van der Waals surface area contributed by atoms with Crippen molar-refractivity contribution in [3.63, 3.8) is 0 Å². The zero-order valence-electron chi connectivity index (χ0n) is 6.79. The van der Waals surface area contributed by atoms with Gasteiger partial charge in [0, 0.05) is 18.5 Å². The molecule has 0 amide bonds. The van der Waals surface area contributed by atoms with Crippen molar-refractivity contribution in [1.82, 2.24) is 9.97 Å². The predicted octanol–water partition coefficient (Wildman–Crippen LogP) is 0.777. The first-order valence-electron chi connectivity index (χ1n) is 3.82. The molecule has 13 heavy (non-hydrogen) atoms. The third-order valence-corrected chi connectivity index (χ3v) is 1.65. The Morgan fingerprint density at radius 3 is 2.62 bits per heavy atom. The van der Waals surface area contributed by atoms with E-state index < -0.39 is 0 Å². The second-order valence-corrected chi connectivity index (χ2v) is 2.50. The SMILES string of the molecule is [O-][n+]1cccnc1-c1ccncc1. The molecule has 2 aromatic rings. The average Bonchev–Trinajstić information content (AvgIpc) is 2.20. The molecule has 0 atom stereocenters. The van der Waals surface area contributed by atoms with Crippen LogP contribution in [-0.2, 0) is 0 Å². The number of hydrogen-bond donors (Lipinski definition) is 0. The Morgan fingerprint density at radius 2 is 1.92 bits per heavy atom. The molecule has 0 fully saturated rings. The lowest BCUT2D eigenvalue weighted by atomic mass is 10.2. The molecule has 2 heterocycles. The van der Waals surface area contributed by atoms with Gasteiger partial charge in [0.25, 0.3) is 0 Å². The van der Waals surface area contributed by atoms with Crippen LogP contribution >= 0.6 is 0 Å². The van der Waals surface area contributed by atoms with Gasteiger partial charge < -0.3 is 5.21 Å². The van der Waals surface area contributed by atoms with E-state index in [1.165, 1.54) is 6.20 Å². The van der Waals surface area contributed by atoms with Crippen LogP contribution in [0.4, 0.5) is 0 Å². The molecule has 0 N–H and O–H groups in total. The van der Waals surface area contributed by atoms with E-state index in [1.807, 2.05) is 0 Å². The predicted molar refractivity (Wildman–Crippen MR) is 46.4 cm³/mol. The van der Waals surface area contributed by atoms with Crippen molar-refractivity contribution in [2.45, 2.75) is 0 Å². The van der Waals surface area contributed by atoms with Gasteiger partial charge in [0.15, 0.2) is 0 Å². The van der Waals surface area contributed by atoms with E-state index in [2.05, 4.69) is 9.97 Å². The van der Waals surface area contributed by atoms with E-state index in [4.69, 9.17) is 0 Å². The number of nitrogens with zero attached hydrogens (tertiary/aromatic N) is 3. The van der Waals surface area contributed by atoms with Crippen LogP contribution in [0.1, 0.15) is 0 Å². The summed E-state index contributed by atoms with van der Waals surface area (Å²) in [6.45, 7) is 0. The Hall–Kier alpha value is -1.97. The number of hydrogen-bond acceptors (Lipinski definition) is 3. The first-order chi connectivity index (χ1) is 6.38. The summed E-state index contributed by atoms with van der Waals surface area (Å²) < 4.78 is 0.731. The van der Waals surface area contributed by atoms with E-state index in [-0.39, 0.29) is 0 Å². The van der Waals surface area contributed by atoms with Gasteiger partial charge >= 0.3 is 5.82 Å². The lowest BCUT2D eigenvalue weighted by molar-refractivity contribution is -0.596. The standard InChI is InChI=1S/C9H7N3O/c13-12-7-1-4-11-9(12)8-2-5-10-6-3-8/h1-7H. The van der Waals surface area contributed by atoms with Crippen LogP contribution in [0.25, 0.3) is 11.4 Å². The maximum absolute atomic E-state index is 11.3. The van der Waals surface area contributed by atoms with Gasteiger partial charge in [-0.15, -0.1) is 0 Å². The van der Waals surface area contributed by atoms with Crippen LogP contribution in [-0.4, -0.2) is 9.97 Å². The maximum Gasteiger partial charge on any atom is 0.333 e. The number of pyridine rings is 1. The third kappa shape index (κ3) is 1.46. The van der Waals surface area contributed by atoms with Crippen molar-refractivity contribution in [2.24, 2.45) is 0 Å². The molecule has 0 aromatic carbocycles. The van der Waals surface area contributed by atoms with Gasteiger partial charge in [0.05, 0.1) is 11.8 Å². The molecule has 0 bridgehead atoms. The lowest BCUT2D eigenvalue weighted by Gasteiger charge is -2.03. The van der Waals surface area contributed by atoms with E-state index in [9.17, 15) is 5.21 Å². The molecule has 0 aliphatic heterocycles. The molecular formula is C9H7N3O. The fourth-order valence-corrected chi connectivity index (χ4v) is 1.06. The highest BCUT2D eigenvalue weighted by Crippen LogP contribution is 2.08. The van der Waals surface area contributed by atoms with Crippen molar-refractivity contribution >= 4 is 0 Å². The fraction of sp³-hybridized carbons (Fsp3) is 0.